The first-order valence-corrected chi connectivity index (χ1v) is 11.2. The number of para-hydroxylation sites is 1. The molecule has 8 heteroatoms. The predicted molar refractivity (Wildman–Crippen MR) is 104 cm³/mol. The highest BCUT2D eigenvalue weighted by Crippen LogP contribution is 2.32. The Morgan fingerprint density at radius 2 is 1.93 bits per heavy atom. The van der Waals surface area contributed by atoms with Crippen molar-refractivity contribution in [3.8, 4) is 5.75 Å². The van der Waals surface area contributed by atoms with Gasteiger partial charge in [0.25, 0.3) is 0 Å². The maximum Gasteiger partial charge on any atom is 0.226 e. The fourth-order valence-electron chi connectivity index (χ4n) is 3.99. The van der Waals surface area contributed by atoms with Crippen LogP contribution in [0, 0.1) is 5.92 Å². The van der Waals surface area contributed by atoms with E-state index in [1.165, 1.54) is 4.31 Å². The fraction of sp³-hybridized carbons (Fsp3) is 0.632. The van der Waals surface area contributed by atoms with E-state index in [-0.39, 0.29) is 23.6 Å². The second kappa shape index (κ2) is 8.58. The van der Waals surface area contributed by atoms with Crippen molar-refractivity contribution in [1.82, 2.24) is 14.5 Å². The average molecular weight is 396 g/mol. The van der Waals surface area contributed by atoms with Crippen molar-refractivity contribution in [2.24, 2.45) is 5.92 Å². The Morgan fingerprint density at radius 3 is 2.59 bits per heavy atom. The van der Waals surface area contributed by atoms with Gasteiger partial charge >= 0.3 is 0 Å². The molecule has 1 aromatic rings. The molecular weight excluding hydrogens is 366 g/mol. The van der Waals surface area contributed by atoms with Gasteiger partial charge in [0.05, 0.1) is 18.9 Å². The van der Waals surface area contributed by atoms with Crippen molar-refractivity contribution in [1.29, 1.82) is 0 Å². The number of nitrogens with one attached hydrogen (secondary N) is 1. The Kier molecular flexibility index (Phi) is 6.39. The maximum atomic E-state index is 13.3. The molecule has 2 aliphatic heterocycles. The van der Waals surface area contributed by atoms with E-state index in [2.05, 4.69) is 5.32 Å². The molecule has 0 aliphatic carbocycles. The van der Waals surface area contributed by atoms with Gasteiger partial charge < -0.3 is 15.0 Å². The van der Waals surface area contributed by atoms with E-state index in [1.54, 1.807) is 14.0 Å². The first-order chi connectivity index (χ1) is 13.0. The lowest BCUT2D eigenvalue weighted by Gasteiger charge is -2.40. The molecule has 1 amide bonds. The van der Waals surface area contributed by atoms with Crippen LogP contribution in [0.1, 0.15) is 31.4 Å². The molecule has 0 bridgehead atoms. The van der Waals surface area contributed by atoms with Gasteiger partial charge in [0, 0.05) is 44.2 Å². The molecule has 2 fully saturated rings. The van der Waals surface area contributed by atoms with Crippen molar-refractivity contribution in [2.75, 3.05) is 45.6 Å². The minimum Gasteiger partial charge on any atom is -0.496 e. The molecule has 150 valence electrons. The van der Waals surface area contributed by atoms with E-state index in [0.29, 0.717) is 39.0 Å². The summed E-state index contributed by atoms with van der Waals surface area (Å²) in [6.45, 7) is 4.62. The van der Waals surface area contributed by atoms with Gasteiger partial charge in [-0.1, -0.05) is 18.2 Å². The monoisotopic (exact) mass is 395 g/mol. The highest BCUT2D eigenvalue weighted by molar-refractivity contribution is 7.89. The number of nitrogens with zero attached hydrogens (tertiary/aromatic N) is 2. The van der Waals surface area contributed by atoms with Gasteiger partial charge in [0.15, 0.2) is 0 Å². The lowest BCUT2D eigenvalue weighted by Crippen LogP contribution is -2.52. The molecule has 1 aromatic carbocycles. The number of carbonyl (C=O) groups excluding carboxylic acids is 1. The van der Waals surface area contributed by atoms with Crippen molar-refractivity contribution in [2.45, 2.75) is 25.8 Å². The Bertz CT molecular complexity index is 760. The lowest BCUT2D eigenvalue weighted by molar-refractivity contribution is -0.140. The van der Waals surface area contributed by atoms with Crippen LogP contribution in [0.15, 0.2) is 24.3 Å². The van der Waals surface area contributed by atoms with Crippen molar-refractivity contribution in [3.63, 3.8) is 0 Å². The van der Waals surface area contributed by atoms with Crippen LogP contribution in [-0.4, -0.2) is 69.1 Å². The summed E-state index contributed by atoms with van der Waals surface area (Å²) < 4.78 is 31.1. The highest BCUT2D eigenvalue weighted by atomic mass is 32.2. The molecule has 2 heterocycles. The van der Waals surface area contributed by atoms with E-state index in [1.807, 2.05) is 29.2 Å². The molecule has 0 spiro atoms. The molecular formula is C19H29N3O4S. The van der Waals surface area contributed by atoms with Gasteiger partial charge in [-0.15, -0.1) is 0 Å². The second-order valence-electron chi connectivity index (χ2n) is 7.07. The SMILES string of the molecule is CCS(=O)(=O)N1CCC(C(=O)N2CCNCC2c2ccccc2OC)CC1. The number of ether oxygens (including phenoxy) is 1. The number of hydrogen-bond donors (Lipinski definition) is 1. The third-order valence-electron chi connectivity index (χ3n) is 5.59. The summed E-state index contributed by atoms with van der Waals surface area (Å²) in [5, 5.41) is 3.37. The van der Waals surface area contributed by atoms with Crippen LogP contribution in [0.2, 0.25) is 0 Å². The highest BCUT2D eigenvalue weighted by Gasteiger charge is 2.36. The summed E-state index contributed by atoms with van der Waals surface area (Å²) in [6.07, 6.45) is 1.17. The van der Waals surface area contributed by atoms with E-state index >= 15 is 0 Å². The summed E-state index contributed by atoms with van der Waals surface area (Å²) in [4.78, 5) is 15.2. The first kappa shape index (κ1) is 20.1. The molecule has 1 unspecified atom stereocenters. The second-order valence-corrected chi connectivity index (χ2v) is 9.32. The molecule has 1 atom stereocenters. The molecule has 0 aromatic heterocycles. The maximum absolute atomic E-state index is 13.3. The Balaban J connectivity index is 1.73. The van der Waals surface area contributed by atoms with E-state index < -0.39 is 10.0 Å². The van der Waals surface area contributed by atoms with Gasteiger partial charge in [-0.2, -0.15) is 0 Å². The zero-order chi connectivity index (χ0) is 19.4. The standard InChI is InChI=1S/C19H29N3O4S/c1-3-27(24,25)21-11-8-15(9-12-21)19(23)22-13-10-20-14-17(22)16-6-4-5-7-18(16)26-2/h4-7,15,17,20H,3,8-14H2,1-2H3. The molecule has 2 aliphatic rings. The van der Waals surface area contributed by atoms with Crippen LogP contribution < -0.4 is 10.1 Å². The first-order valence-electron chi connectivity index (χ1n) is 9.60. The van der Waals surface area contributed by atoms with Gasteiger partial charge in [0.1, 0.15) is 5.75 Å². The molecule has 1 N–H and O–H groups in total. The number of benzene rings is 1. The van der Waals surface area contributed by atoms with Crippen molar-refractivity contribution < 1.29 is 17.9 Å². The van der Waals surface area contributed by atoms with Crippen LogP contribution in [0.25, 0.3) is 0 Å². The van der Waals surface area contributed by atoms with Crippen LogP contribution in [-0.2, 0) is 14.8 Å². The number of carbonyl (C=O) groups is 1. The minimum atomic E-state index is -3.18. The van der Waals surface area contributed by atoms with Crippen LogP contribution in [0.4, 0.5) is 0 Å². The number of sulfonamides is 1. The van der Waals surface area contributed by atoms with Crippen LogP contribution in [0.5, 0.6) is 5.75 Å². The van der Waals surface area contributed by atoms with Crippen LogP contribution >= 0.6 is 0 Å². The quantitative estimate of drug-likeness (QED) is 0.811. The molecule has 3 rings (SSSR count). The minimum absolute atomic E-state index is 0.0696. The zero-order valence-corrected chi connectivity index (χ0v) is 16.9. The zero-order valence-electron chi connectivity index (χ0n) is 16.1. The van der Waals surface area contributed by atoms with E-state index in [9.17, 15) is 13.2 Å². The Morgan fingerprint density at radius 1 is 1.22 bits per heavy atom. The summed E-state index contributed by atoms with van der Waals surface area (Å²) in [6, 6.07) is 7.74. The number of amides is 1. The van der Waals surface area contributed by atoms with Gasteiger partial charge in [-0.3, -0.25) is 4.79 Å². The van der Waals surface area contributed by atoms with Gasteiger partial charge in [-0.05, 0) is 25.8 Å². The van der Waals surface area contributed by atoms with E-state index in [4.69, 9.17) is 4.74 Å². The summed E-state index contributed by atoms with van der Waals surface area (Å²) in [7, 11) is -1.53. The molecule has 27 heavy (non-hydrogen) atoms. The number of methoxy groups -OCH3 is 1. The number of hydrogen-bond acceptors (Lipinski definition) is 5. The molecule has 2 saturated heterocycles. The van der Waals surface area contributed by atoms with E-state index in [0.717, 1.165) is 17.9 Å². The normalized spacial score (nSPS) is 22.6. The summed E-state index contributed by atoms with van der Waals surface area (Å²) in [5.74, 6) is 0.900. The molecule has 0 saturated carbocycles. The summed E-state index contributed by atoms with van der Waals surface area (Å²) in [5.41, 5.74) is 1.01. The number of rotatable bonds is 5. The third kappa shape index (κ3) is 4.28. The molecule has 7 nitrogen and oxygen atoms in total. The molecule has 0 radical (unpaired) electrons. The fourth-order valence-corrected chi connectivity index (χ4v) is 5.12. The third-order valence-corrected chi connectivity index (χ3v) is 7.47. The number of piperazine rings is 1. The predicted octanol–water partition coefficient (Wildman–Crippen LogP) is 1.23. The van der Waals surface area contributed by atoms with Crippen molar-refractivity contribution in [3.05, 3.63) is 29.8 Å². The topological polar surface area (TPSA) is 79.0 Å². The smallest absolute Gasteiger partial charge is 0.226 e. The lowest BCUT2D eigenvalue weighted by atomic mass is 9.93. The van der Waals surface area contributed by atoms with Crippen molar-refractivity contribution >= 4 is 15.9 Å². The van der Waals surface area contributed by atoms with Crippen LogP contribution in [0.3, 0.4) is 0 Å². The van der Waals surface area contributed by atoms with Gasteiger partial charge in [-0.25, -0.2) is 12.7 Å². The Labute approximate surface area is 161 Å². The average Bonchev–Trinajstić information content (AvgIpc) is 2.73. The largest absolute Gasteiger partial charge is 0.496 e. The number of piperidine rings is 1. The van der Waals surface area contributed by atoms with Gasteiger partial charge in [0.2, 0.25) is 15.9 Å². The Hall–Kier alpha value is -1.64. The summed E-state index contributed by atoms with van der Waals surface area (Å²) >= 11 is 0.